The zero-order valence-electron chi connectivity index (χ0n) is 24.4. The molecule has 3 N–H and O–H groups in total. The lowest BCUT2D eigenvalue weighted by atomic mass is 10.0. The highest BCUT2D eigenvalue weighted by atomic mass is 35.5. The Morgan fingerprint density at radius 2 is 1.98 bits per heavy atom. The van der Waals surface area contributed by atoms with Gasteiger partial charge >= 0.3 is 0 Å². The summed E-state index contributed by atoms with van der Waals surface area (Å²) < 4.78 is 23.3. The number of pyridine rings is 2. The zero-order chi connectivity index (χ0) is 30.1. The molecule has 4 aromatic heterocycles. The molecule has 3 atom stereocenters. The van der Waals surface area contributed by atoms with Gasteiger partial charge in [-0.3, -0.25) is 9.88 Å². The fourth-order valence-corrected chi connectivity index (χ4v) is 7.55. The third-order valence-electron chi connectivity index (χ3n) is 8.01. The summed E-state index contributed by atoms with van der Waals surface area (Å²) in [5, 5.41) is 8.24. The highest BCUT2D eigenvalue weighted by molar-refractivity contribution is 7.99. The first-order chi connectivity index (χ1) is 20.7. The number of rotatable bonds is 10. The molecule has 13 heteroatoms. The molecular weight excluding hydrogens is 589 g/mol. The first kappa shape index (κ1) is 29.6. The summed E-state index contributed by atoms with van der Waals surface area (Å²) in [4.78, 5) is 19.9. The van der Waals surface area contributed by atoms with Gasteiger partial charge in [-0.05, 0) is 61.0 Å². The molecule has 43 heavy (non-hydrogen) atoms. The van der Waals surface area contributed by atoms with E-state index < -0.39 is 0 Å². The number of hydrogen-bond acceptors (Lipinski definition) is 10. The SMILES string of the molecule is Cc1nn(C)c(OCC[C@H](C)Nc2cc(Cl)ncc2-c2ncc(CN3CC4CSCC4C3)cc2F)c1-c1nccc(N)n1. The first-order valence-electron chi connectivity index (χ1n) is 14.4. The predicted octanol–water partition coefficient (Wildman–Crippen LogP) is 5.08. The molecule has 2 aliphatic heterocycles. The lowest BCUT2D eigenvalue weighted by molar-refractivity contribution is 0.280. The van der Waals surface area contributed by atoms with E-state index in [1.807, 2.05) is 32.7 Å². The van der Waals surface area contributed by atoms with Gasteiger partial charge in [0.05, 0.1) is 12.3 Å². The number of aromatic nitrogens is 6. The van der Waals surface area contributed by atoms with Gasteiger partial charge in [-0.25, -0.2) is 24.0 Å². The van der Waals surface area contributed by atoms with Crippen LogP contribution < -0.4 is 15.8 Å². The predicted molar refractivity (Wildman–Crippen MR) is 169 cm³/mol. The first-order valence-corrected chi connectivity index (χ1v) is 15.9. The average molecular weight is 624 g/mol. The molecule has 0 spiro atoms. The van der Waals surface area contributed by atoms with Gasteiger partial charge in [-0.2, -0.15) is 16.9 Å². The second kappa shape index (κ2) is 12.6. The molecule has 6 rings (SSSR count). The fraction of sp³-hybridized carbons (Fsp3) is 0.433. The largest absolute Gasteiger partial charge is 0.477 e. The van der Waals surface area contributed by atoms with Crippen LogP contribution in [0.1, 0.15) is 24.6 Å². The van der Waals surface area contributed by atoms with Gasteiger partial charge in [0.1, 0.15) is 28.0 Å². The smallest absolute Gasteiger partial charge is 0.223 e. The van der Waals surface area contributed by atoms with Gasteiger partial charge in [0.15, 0.2) is 5.82 Å². The van der Waals surface area contributed by atoms with Crippen LogP contribution in [0.2, 0.25) is 5.15 Å². The molecule has 226 valence electrons. The molecule has 0 bridgehead atoms. The maximum atomic E-state index is 15.5. The van der Waals surface area contributed by atoms with Gasteiger partial charge in [0, 0.05) is 69.0 Å². The number of fused-ring (bicyclic) bond motifs is 1. The van der Waals surface area contributed by atoms with Crippen molar-refractivity contribution in [3.05, 3.63) is 59.0 Å². The summed E-state index contributed by atoms with van der Waals surface area (Å²) in [5.41, 5.74) is 9.65. The van der Waals surface area contributed by atoms with E-state index in [-0.39, 0.29) is 17.6 Å². The molecule has 0 saturated carbocycles. The van der Waals surface area contributed by atoms with Crippen molar-refractivity contribution < 1.29 is 9.13 Å². The van der Waals surface area contributed by atoms with E-state index in [1.54, 1.807) is 41.5 Å². The Balaban J connectivity index is 1.12. The Bertz CT molecular complexity index is 1610. The van der Waals surface area contributed by atoms with E-state index in [0.29, 0.717) is 59.1 Å². The molecule has 4 aromatic rings. The number of thioether (sulfide) groups is 1. The Kier molecular flexibility index (Phi) is 8.69. The van der Waals surface area contributed by atoms with Crippen molar-refractivity contribution in [2.75, 3.05) is 42.3 Å². The van der Waals surface area contributed by atoms with E-state index >= 15 is 4.39 Å². The third kappa shape index (κ3) is 6.56. The van der Waals surface area contributed by atoms with Crippen LogP contribution in [0.4, 0.5) is 15.9 Å². The molecule has 2 aliphatic rings. The van der Waals surface area contributed by atoms with Crippen LogP contribution in [0, 0.1) is 24.6 Å². The number of aryl methyl sites for hydroxylation is 2. The summed E-state index contributed by atoms with van der Waals surface area (Å²) in [5.74, 6) is 5.01. The van der Waals surface area contributed by atoms with Crippen LogP contribution in [0.5, 0.6) is 5.88 Å². The molecular formula is C30H35ClFN9OS. The van der Waals surface area contributed by atoms with Crippen molar-refractivity contribution >= 4 is 34.9 Å². The molecule has 6 heterocycles. The van der Waals surface area contributed by atoms with E-state index in [4.69, 9.17) is 22.1 Å². The van der Waals surface area contributed by atoms with Crippen molar-refractivity contribution in [3.63, 3.8) is 0 Å². The van der Waals surface area contributed by atoms with Gasteiger partial charge < -0.3 is 15.8 Å². The number of nitrogen functional groups attached to an aromatic ring is 1. The monoisotopic (exact) mass is 623 g/mol. The maximum Gasteiger partial charge on any atom is 0.223 e. The molecule has 0 amide bonds. The molecule has 2 unspecified atom stereocenters. The number of nitrogens with two attached hydrogens (primary N) is 1. The second-order valence-corrected chi connectivity index (χ2v) is 12.8. The lowest BCUT2D eigenvalue weighted by Crippen LogP contribution is -2.22. The van der Waals surface area contributed by atoms with Gasteiger partial charge in [0.25, 0.3) is 0 Å². The highest BCUT2D eigenvalue weighted by Gasteiger charge is 2.36. The number of anilines is 2. The van der Waals surface area contributed by atoms with Crippen molar-refractivity contribution in [3.8, 4) is 28.5 Å². The van der Waals surface area contributed by atoms with Crippen LogP contribution in [0.3, 0.4) is 0 Å². The Labute approximate surface area is 259 Å². The minimum Gasteiger partial charge on any atom is -0.477 e. The van der Waals surface area contributed by atoms with Crippen LogP contribution in [0.25, 0.3) is 22.6 Å². The van der Waals surface area contributed by atoms with Crippen LogP contribution in [-0.4, -0.2) is 71.9 Å². The van der Waals surface area contributed by atoms with Gasteiger partial charge in [0.2, 0.25) is 5.88 Å². The van der Waals surface area contributed by atoms with E-state index in [9.17, 15) is 0 Å². The second-order valence-electron chi connectivity index (χ2n) is 11.4. The average Bonchev–Trinajstić information content (AvgIpc) is 3.63. The van der Waals surface area contributed by atoms with Crippen molar-refractivity contribution in [1.82, 2.24) is 34.6 Å². The number of ether oxygens (including phenoxy) is 1. The molecule has 0 aromatic carbocycles. The summed E-state index contributed by atoms with van der Waals surface area (Å²) in [6, 6.07) is 4.88. The van der Waals surface area contributed by atoms with Crippen LogP contribution in [0.15, 0.2) is 36.8 Å². The molecule has 0 aliphatic carbocycles. The fourth-order valence-electron chi connectivity index (χ4n) is 5.89. The minimum absolute atomic E-state index is 0.0475. The maximum absolute atomic E-state index is 15.5. The number of hydrogen-bond donors (Lipinski definition) is 2. The summed E-state index contributed by atoms with van der Waals surface area (Å²) >= 11 is 8.30. The van der Waals surface area contributed by atoms with Crippen molar-refractivity contribution in [1.29, 1.82) is 0 Å². The van der Waals surface area contributed by atoms with Crippen molar-refractivity contribution in [2.24, 2.45) is 18.9 Å². The summed E-state index contributed by atoms with van der Waals surface area (Å²) in [6.45, 7) is 7.15. The van der Waals surface area contributed by atoms with Gasteiger partial charge in [-0.15, -0.1) is 0 Å². The van der Waals surface area contributed by atoms with Crippen molar-refractivity contribution in [2.45, 2.75) is 32.9 Å². The molecule has 10 nitrogen and oxygen atoms in total. The third-order valence-corrected chi connectivity index (χ3v) is 9.54. The Morgan fingerprint density at radius 1 is 1.19 bits per heavy atom. The Morgan fingerprint density at radius 3 is 2.72 bits per heavy atom. The van der Waals surface area contributed by atoms with E-state index in [2.05, 4.69) is 35.3 Å². The molecule has 2 saturated heterocycles. The summed E-state index contributed by atoms with van der Waals surface area (Å²) in [7, 11) is 1.81. The molecule has 0 radical (unpaired) electrons. The van der Waals surface area contributed by atoms with E-state index in [1.165, 1.54) is 11.5 Å². The zero-order valence-corrected chi connectivity index (χ0v) is 26.0. The minimum atomic E-state index is -0.376. The number of nitrogens with one attached hydrogen (secondary N) is 1. The van der Waals surface area contributed by atoms with Gasteiger partial charge in [-0.1, -0.05) is 11.6 Å². The Hall–Kier alpha value is -3.48. The van der Waals surface area contributed by atoms with Crippen LogP contribution in [-0.2, 0) is 13.6 Å². The summed E-state index contributed by atoms with van der Waals surface area (Å²) in [6.07, 6.45) is 5.58. The lowest BCUT2D eigenvalue weighted by Gasteiger charge is -2.19. The molecule has 2 fully saturated rings. The number of nitrogens with zero attached hydrogens (tertiary/aromatic N) is 7. The van der Waals surface area contributed by atoms with Crippen LogP contribution >= 0.6 is 23.4 Å². The topological polar surface area (TPSA) is 120 Å². The quantitative estimate of drug-likeness (QED) is 0.231. The normalized spacial score (nSPS) is 19.0. The highest BCUT2D eigenvalue weighted by Crippen LogP contribution is 2.37. The van der Waals surface area contributed by atoms with E-state index in [0.717, 1.165) is 36.2 Å². The standard InChI is InChI=1S/C30H35ClFN9OS/c1-17(5-7-42-30-27(18(2)39-40(30)3)29-34-6-4-26(33)38-29)37-24-9-25(31)35-11-22(24)28-23(32)8-19(10-36-28)12-41-13-20-15-43-16-21(20)14-41/h4,6,8-11,17,20-21H,5,7,12-16H2,1-3H3,(H,35,37)(H2,33,34,38)/t17-,20?,21?/m0/s1. The number of halogens is 2. The number of likely N-dealkylation sites (tertiary alicyclic amines) is 1.